The molecule has 1 saturated heterocycles. The van der Waals surface area contributed by atoms with Gasteiger partial charge in [0.05, 0.1) is 0 Å². The molecule has 0 aliphatic carbocycles. The summed E-state index contributed by atoms with van der Waals surface area (Å²) in [6.07, 6.45) is 3.35. The zero-order valence-electron chi connectivity index (χ0n) is 13.1. The first-order valence-corrected chi connectivity index (χ1v) is 7.61. The van der Waals surface area contributed by atoms with Crippen LogP contribution in [0, 0.1) is 0 Å². The fourth-order valence-electron chi connectivity index (χ4n) is 2.70. The van der Waals surface area contributed by atoms with Gasteiger partial charge in [0.1, 0.15) is 0 Å². The van der Waals surface area contributed by atoms with Gasteiger partial charge in [-0.05, 0) is 12.3 Å². The van der Waals surface area contributed by atoms with Gasteiger partial charge in [0.15, 0.2) is 11.4 Å². The highest BCUT2D eigenvalue weighted by Crippen LogP contribution is 2.27. The van der Waals surface area contributed by atoms with Crippen LogP contribution in [0.2, 0.25) is 0 Å². The van der Waals surface area contributed by atoms with Gasteiger partial charge in [0, 0.05) is 44.9 Å². The largest absolute Gasteiger partial charge is 0.381 e. The molecule has 2 heterocycles. The Kier molecular flexibility index (Phi) is 5.36. The van der Waals surface area contributed by atoms with Crippen molar-refractivity contribution < 1.29 is 14.3 Å². The summed E-state index contributed by atoms with van der Waals surface area (Å²) in [6, 6.07) is 1.90. The molecule has 1 fully saturated rings. The summed E-state index contributed by atoms with van der Waals surface area (Å²) in [5.74, 6) is 0.822. The molecule has 21 heavy (non-hydrogen) atoms. The van der Waals surface area contributed by atoms with Crippen LogP contribution >= 0.6 is 0 Å². The van der Waals surface area contributed by atoms with Crippen molar-refractivity contribution in [1.82, 2.24) is 10.2 Å². The number of nitrogens with one attached hydrogen (secondary N) is 2. The van der Waals surface area contributed by atoms with Gasteiger partial charge in [0.25, 0.3) is 5.91 Å². The summed E-state index contributed by atoms with van der Waals surface area (Å²) < 4.78 is 10.8. The Morgan fingerprint density at radius 3 is 2.90 bits per heavy atom. The smallest absolute Gasteiger partial charge is 0.257 e. The summed E-state index contributed by atoms with van der Waals surface area (Å²) in [4.78, 5) is 12.5. The molecule has 118 valence electrons. The molecule has 1 atom stereocenters. The predicted molar refractivity (Wildman–Crippen MR) is 80.3 cm³/mol. The molecule has 1 aromatic rings. The van der Waals surface area contributed by atoms with Crippen molar-refractivity contribution in [2.45, 2.75) is 51.0 Å². The van der Waals surface area contributed by atoms with Crippen LogP contribution in [0.4, 0.5) is 5.82 Å². The van der Waals surface area contributed by atoms with Crippen LogP contribution in [0.15, 0.2) is 6.07 Å². The summed E-state index contributed by atoms with van der Waals surface area (Å²) in [7, 11) is 1.57. The number of anilines is 1. The fourth-order valence-corrected chi connectivity index (χ4v) is 2.70. The lowest BCUT2D eigenvalue weighted by molar-refractivity contribution is -0.149. The van der Waals surface area contributed by atoms with E-state index in [0.717, 1.165) is 18.5 Å². The van der Waals surface area contributed by atoms with Gasteiger partial charge in [-0.25, -0.2) is 0 Å². The molecule has 0 spiro atoms. The van der Waals surface area contributed by atoms with Crippen LogP contribution in [0.3, 0.4) is 0 Å². The molecular formula is C15H25N3O3. The number of carbonyl (C=O) groups excluding carboxylic acids is 1. The summed E-state index contributed by atoms with van der Waals surface area (Å²) in [5, 5.41) is 10.0. The van der Waals surface area contributed by atoms with Crippen molar-refractivity contribution in [2.24, 2.45) is 0 Å². The molecule has 2 rings (SSSR count). The van der Waals surface area contributed by atoms with E-state index >= 15 is 0 Å². The van der Waals surface area contributed by atoms with E-state index in [0.29, 0.717) is 37.8 Å². The quantitative estimate of drug-likeness (QED) is 0.845. The molecule has 1 aromatic heterocycles. The van der Waals surface area contributed by atoms with Crippen molar-refractivity contribution in [2.75, 3.05) is 25.6 Å². The first kappa shape index (κ1) is 16.0. The minimum atomic E-state index is -0.799. The monoisotopic (exact) mass is 295 g/mol. The molecule has 1 unspecified atom stereocenters. The highest BCUT2D eigenvalue weighted by molar-refractivity contribution is 5.96. The molecule has 1 aliphatic heterocycles. The van der Waals surface area contributed by atoms with E-state index in [2.05, 4.69) is 29.4 Å². The van der Waals surface area contributed by atoms with Crippen molar-refractivity contribution in [1.29, 1.82) is 0 Å². The first-order valence-electron chi connectivity index (χ1n) is 7.61. The minimum absolute atomic E-state index is 0.144. The van der Waals surface area contributed by atoms with Crippen molar-refractivity contribution in [3.8, 4) is 0 Å². The Morgan fingerprint density at radius 1 is 1.57 bits per heavy atom. The maximum Gasteiger partial charge on any atom is 0.257 e. The standard InChI is InChI=1S/C15H25N3O3/c1-4-5-11(2)12-10-13(18-17-12)16-14(19)15(20-3)6-8-21-9-7-15/h10-11H,4-9H2,1-3H3,(H2,16,17,18,19). The van der Waals surface area contributed by atoms with Gasteiger partial charge in [-0.15, -0.1) is 0 Å². The number of amides is 1. The van der Waals surface area contributed by atoms with E-state index in [-0.39, 0.29) is 5.91 Å². The zero-order chi connectivity index (χ0) is 15.3. The Balaban J connectivity index is 2.02. The number of rotatable bonds is 6. The van der Waals surface area contributed by atoms with Crippen LogP contribution < -0.4 is 5.32 Å². The van der Waals surface area contributed by atoms with E-state index < -0.39 is 5.60 Å². The molecule has 6 heteroatoms. The van der Waals surface area contributed by atoms with Gasteiger partial charge >= 0.3 is 0 Å². The minimum Gasteiger partial charge on any atom is -0.381 e. The molecule has 0 radical (unpaired) electrons. The van der Waals surface area contributed by atoms with E-state index in [4.69, 9.17) is 9.47 Å². The van der Waals surface area contributed by atoms with Crippen LogP contribution in [-0.2, 0) is 14.3 Å². The zero-order valence-corrected chi connectivity index (χ0v) is 13.1. The topological polar surface area (TPSA) is 76.2 Å². The molecule has 0 bridgehead atoms. The second-order valence-corrected chi connectivity index (χ2v) is 5.66. The Bertz CT molecular complexity index is 466. The lowest BCUT2D eigenvalue weighted by Crippen LogP contribution is -2.48. The van der Waals surface area contributed by atoms with Gasteiger partial charge in [-0.3, -0.25) is 9.89 Å². The van der Waals surface area contributed by atoms with E-state index in [1.807, 2.05) is 6.07 Å². The second-order valence-electron chi connectivity index (χ2n) is 5.66. The lowest BCUT2D eigenvalue weighted by atomic mass is 9.93. The maximum absolute atomic E-state index is 12.5. The number of aromatic nitrogens is 2. The average Bonchev–Trinajstić information content (AvgIpc) is 2.96. The van der Waals surface area contributed by atoms with Crippen molar-refractivity contribution >= 4 is 11.7 Å². The molecule has 6 nitrogen and oxygen atoms in total. The number of ether oxygens (including phenoxy) is 2. The number of nitrogens with zero attached hydrogens (tertiary/aromatic N) is 1. The molecule has 0 saturated carbocycles. The number of hydrogen-bond acceptors (Lipinski definition) is 4. The molecule has 2 N–H and O–H groups in total. The summed E-state index contributed by atoms with van der Waals surface area (Å²) >= 11 is 0. The van der Waals surface area contributed by atoms with Crippen LogP contribution in [0.1, 0.15) is 51.1 Å². The number of H-pyrrole nitrogens is 1. The van der Waals surface area contributed by atoms with E-state index in [1.165, 1.54) is 0 Å². The third-order valence-corrected chi connectivity index (χ3v) is 4.20. The fraction of sp³-hybridized carbons (Fsp3) is 0.733. The lowest BCUT2D eigenvalue weighted by Gasteiger charge is -2.33. The third-order valence-electron chi connectivity index (χ3n) is 4.20. The van der Waals surface area contributed by atoms with Crippen LogP contribution in [0.25, 0.3) is 0 Å². The molecular weight excluding hydrogens is 270 g/mol. The average molecular weight is 295 g/mol. The van der Waals surface area contributed by atoms with E-state index in [1.54, 1.807) is 7.11 Å². The number of carbonyl (C=O) groups is 1. The highest BCUT2D eigenvalue weighted by Gasteiger charge is 2.40. The highest BCUT2D eigenvalue weighted by atomic mass is 16.5. The van der Waals surface area contributed by atoms with E-state index in [9.17, 15) is 4.79 Å². The van der Waals surface area contributed by atoms with Crippen LogP contribution in [-0.4, -0.2) is 42.0 Å². The SMILES string of the molecule is CCCC(C)c1cc(NC(=O)C2(OC)CCOCC2)n[nH]1. The maximum atomic E-state index is 12.5. The van der Waals surface area contributed by atoms with Crippen LogP contribution in [0.5, 0.6) is 0 Å². The van der Waals surface area contributed by atoms with Gasteiger partial charge in [-0.2, -0.15) is 5.10 Å². The van der Waals surface area contributed by atoms with Crippen molar-refractivity contribution in [3.05, 3.63) is 11.8 Å². The normalized spacial score (nSPS) is 19.2. The molecule has 1 amide bonds. The van der Waals surface area contributed by atoms with Gasteiger partial charge in [0.2, 0.25) is 0 Å². The summed E-state index contributed by atoms with van der Waals surface area (Å²) in [5.41, 5.74) is 0.248. The Morgan fingerprint density at radius 2 is 2.29 bits per heavy atom. The summed E-state index contributed by atoms with van der Waals surface area (Å²) in [6.45, 7) is 5.39. The van der Waals surface area contributed by atoms with Gasteiger partial charge in [-0.1, -0.05) is 20.3 Å². The van der Waals surface area contributed by atoms with Crippen molar-refractivity contribution in [3.63, 3.8) is 0 Å². The number of methoxy groups -OCH3 is 1. The Labute approximate surface area is 125 Å². The number of hydrogen-bond donors (Lipinski definition) is 2. The van der Waals surface area contributed by atoms with Gasteiger partial charge < -0.3 is 14.8 Å². The predicted octanol–water partition coefficient (Wildman–Crippen LogP) is 2.45. The molecule has 1 aliphatic rings. The Hall–Kier alpha value is -1.40. The molecule has 0 aromatic carbocycles. The third kappa shape index (κ3) is 3.63. The second kappa shape index (κ2) is 7.04. The number of aromatic amines is 1. The first-order chi connectivity index (χ1) is 10.1.